The molecule has 0 aliphatic heterocycles. The van der Waals surface area contributed by atoms with Gasteiger partial charge in [0.05, 0.1) is 19.9 Å². The van der Waals surface area contributed by atoms with E-state index in [-0.39, 0.29) is 12.5 Å². The van der Waals surface area contributed by atoms with Crippen LogP contribution in [0.2, 0.25) is 0 Å². The molecule has 1 aromatic carbocycles. The molecule has 0 spiro atoms. The number of benzene rings is 1. The highest BCUT2D eigenvalue weighted by atomic mass is 16.5. The second-order valence-electron chi connectivity index (χ2n) is 6.27. The fourth-order valence-electron chi connectivity index (χ4n) is 2.86. The Labute approximate surface area is 167 Å². The predicted octanol–water partition coefficient (Wildman–Crippen LogP) is 2.23. The van der Waals surface area contributed by atoms with Crippen LogP contribution in [0.5, 0.6) is 5.88 Å². The topological polar surface area (TPSA) is 99.8 Å². The number of aromatic nitrogens is 6. The van der Waals surface area contributed by atoms with Crippen molar-refractivity contribution in [1.29, 1.82) is 0 Å². The molecule has 0 unspecified atom stereocenters. The van der Waals surface area contributed by atoms with Gasteiger partial charge in [0, 0.05) is 36.4 Å². The normalized spacial score (nSPS) is 10.7. The van der Waals surface area contributed by atoms with Gasteiger partial charge in [0.15, 0.2) is 5.82 Å². The number of nitrogens with zero attached hydrogens (tertiary/aromatic N) is 6. The molecule has 9 heteroatoms. The van der Waals surface area contributed by atoms with Crippen LogP contribution in [-0.4, -0.2) is 42.5 Å². The van der Waals surface area contributed by atoms with Gasteiger partial charge in [0.1, 0.15) is 12.2 Å². The Bertz CT molecular complexity index is 1100. The van der Waals surface area contributed by atoms with Crippen molar-refractivity contribution >= 4 is 11.7 Å². The Morgan fingerprint density at radius 3 is 2.76 bits per heavy atom. The van der Waals surface area contributed by atoms with Gasteiger partial charge >= 0.3 is 0 Å². The van der Waals surface area contributed by atoms with Crippen molar-refractivity contribution in [2.24, 2.45) is 0 Å². The van der Waals surface area contributed by atoms with E-state index in [2.05, 4.69) is 25.5 Å². The molecule has 1 N–H and O–H groups in total. The standard InChI is InChI=1S/C20H19N7O2/c1-29-20-19(21-8-9-22-20)16-11-23-27(13-16)14-18(28)24-17-7-10-26(25-17)12-15-5-3-2-4-6-15/h2-11,13H,12,14H2,1H3,(H,24,25,28). The highest BCUT2D eigenvalue weighted by molar-refractivity contribution is 5.89. The zero-order valence-corrected chi connectivity index (χ0v) is 15.8. The minimum absolute atomic E-state index is 0.0497. The van der Waals surface area contributed by atoms with Gasteiger partial charge < -0.3 is 10.1 Å². The van der Waals surface area contributed by atoms with Gasteiger partial charge in [-0.3, -0.25) is 14.2 Å². The third kappa shape index (κ3) is 4.46. The van der Waals surface area contributed by atoms with Crippen molar-refractivity contribution in [2.75, 3.05) is 12.4 Å². The van der Waals surface area contributed by atoms with Gasteiger partial charge in [0.25, 0.3) is 0 Å². The van der Waals surface area contributed by atoms with Crippen LogP contribution >= 0.6 is 0 Å². The van der Waals surface area contributed by atoms with E-state index in [4.69, 9.17) is 4.74 Å². The summed E-state index contributed by atoms with van der Waals surface area (Å²) in [6.07, 6.45) is 8.30. The van der Waals surface area contributed by atoms with E-state index >= 15 is 0 Å². The number of ether oxygens (including phenoxy) is 1. The lowest BCUT2D eigenvalue weighted by Gasteiger charge is -2.04. The molecule has 29 heavy (non-hydrogen) atoms. The molecule has 0 bridgehead atoms. The molecule has 0 saturated heterocycles. The van der Waals surface area contributed by atoms with Crippen LogP contribution < -0.4 is 10.1 Å². The van der Waals surface area contributed by atoms with Gasteiger partial charge in [-0.1, -0.05) is 30.3 Å². The number of hydrogen-bond donors (Lipinski definition) is 1. The number of nitrogens with one attached hydrogen (secondary N) is 1. The van der Waals surface area contributed by atoms with E-state index in [1.807, 2.05) is 36.5 Å². The average molecular weight is 389 g/mol. The predicted molar refractivity (Wildman–Crippen MR) is 106 cm³/mol. The van der Waals surface area contributed by atoms with Crippen LogP contribution in [0.1, 0.15) is 5.56 Å². The number of rotatable bonds is 7. The molecule has 3 heterocycles. The van der Waals surface area contributed by atoms with Crippen LogP contribution in [0.15, 0.2) is 67.4 Å². The van der Waals surface area contributed by atoms with Crippen molar-refractivity contribution in [3.63, 3.8) is 0 Å². The van der Waals surface area contributed by atoms with Gasteiger partial charge in [0.2, 0.25) is 11.8 Å². The molecule has 0 aliphatic carbocycles. The smallest absolute Gasteiger partial charge is 0.247 e. The number of carbonyl (C=O) groups is 1. The second kappa shape index (κ2) is 8.34. The number of methoxy groups -OCH3 is 1. The summed E-state index contributed by atoms with van der Waals surface area (Å²) < 4.78 is 8.52. The lowest BCUT2D eigenvalue weighted by atomic mass is 10.2. The van der Waals surface area contributed by atoms with Crippen molar-refractivity contribution in [1.82, 2.24) is 29.5 Å². The number of carbonyl (C=O) groups excluding carboxylic acids is 1. The zero-order chi connectivity index (χ0) is 20.1. The summed E-state index contributed by atoms with van der Waals surface area (Å²) in [4.78, 5) is 20.7. The molecule has 0 atom stereocenters. The number of hydrogen-bond acceptors (Lipinski definition) is 6. The van der Waals surface area contributed by atoms with Crippen molar-refractivity contribution < 1.29 is 9.53 Å². The fourth-order valence-corrected chi connectivity index (χ4v) is 2.86. The summed E-state index contributed by atoms with van der Waals surface area (Å²) >= 11 is 0. The summed E-state index contributed by atoms with van der Waals surface area (Å²) in [7, 11) is 1.53. The van der Waals surface area contributed by atoms with E-state index in [1.165, 1.54) is 11.8 Å². The Morgan fingerprint density at radius 1 is 1.10 bits per heavy atom. The molecule has 1 amide bonds. The van der Waals surface area contributed by atoms with Gasteiger partial charge in [-0.15, -0.1) is 0 Å². The maximum Gasteiger partial charge on any atom is 0.247 e. The summed E-state index contributed by atoms with van der Waals surface area (Å²) in [5, 5.41) is 11.4. The van der Waals surface area contributed by atoms with Gasteiger partial charge in [-0.25, -0.2) is 9.97 Å². The molecular weight excluding hydrogens is 370 g/mol. The molecule has 0 aliphatic rings. The highest BCUT2D eigenvalue weighted by Gasteiger charge is 2.12. The molecule has 3 aromatic heterocycles. The van der Waals surface area contributed by atoms with Gasteiger partial charge in [-0.2, -0.15) is 10.2 Å². The lowest BCUT2D eigenvalue weighted by Crippen LogP contribution is -2.19. The largest absolute Gasteiger partial charge is 0.479 e. The van der Waals surface area contributed by atoms with Crippen molar-refractivity contribution in [3.05, 3.63) is 72.9 Å². The first-order valence-electron chi connectivity index (χ1n) is 8.96. The maximum absolute atomic E-state index is 12.3. The molecule has 4 rings (SSSR count). The Morgan fingerprint density at radius 2 is 1.93 bits per heavy atom. The zero-order valence-electron chi connectivity index (χ0n) is 15.8. The molecule has 0 fully saturated rings. The van der Waals surface area contributed by atoms with Gasteiger partial charge in [-0.05, 0) is 5.56 Å². The van der Waals surface area contributed by atoms with E-state index in [9.17, 15) is 4.79 Å². The van der Waals surface area contributed by atoms with E-state index < -0.39 is 0 Å². The van der Waals surface area contributed by atoms with E-state index in [0.717, 1.165) is 11.1 Å². The van der Waals surface area contributed by atoms with Crippen LogP contribution in [0.25, 0.3) is 11.3 Å². The Balaban J connectivity index is 1.38. The fraction of sp³-hybridized carbons (Fsp3) is 0.150. The molecule has 4 aromatic rings. The third-order valence-corrected chi connectivity index (χ3v) is 4.17. The summed E-state index contributed by atoms with van der Waals surface area (Å²) in [6, 6.07) is 11.8. The maximum atomic E-state index is 12.3. The van der Waals surface area contributed by atoms with Crippen LogP contribution in [0.3, 0.4) is 0 Å². The number of amides is 1. The van der Waals surface area contributed by atoms with E-state index in [1.54, 1.807) is 35.5 Å². The van der Waals surface area contributed by atoms with Crippen LogP contribution in [-0.2, 0) is 17.9 Å². The first-order chi connectivity index (χ1) is 14.2. The Kier molecular flexibility index (Phi) is 5.28. The van der Waals surface area contributed by atoms with E-state index in [0.29, 0.717) is 23.9 Å². The molecule has 0 saturated carbocycles. The molecule has 146 valence electrons. The first-order valence-corrected chi connectivity index (χ1v) is 8.96. The minimum Gasteiger partial charge on any atom is -0.479 e. The first kappa shape index (κ1) is 18.4. The molecular formula is C20H19N7O2. The van der Waals surface area contributed by atoms with Crippen LogP contribution in [0.4, 0.5) is 5.82 Å². The summed E-state index contributed by atoms with van der Waals surface area (Å²) in [5.74, 6) is 0.671. The number of anilines is 1. The second-order valence-corrected chi connectivity index (χ2v) is 6.27. The average Bonchev–Trinajstić information content (AvgIpc) is 3.38. The molecule has 0 radical (unpaired) electrons. The summed E-state index contributed by atoms with van der Waals surface area (Å²) in [5.41, 5.74) is 2.42. The quantitative estimate of drug-likeness (QED) is 0.520. The van der Waals surface area contributed by atoms with Crippen molar-refractivity contribution in [2.45, 2.75) is 13.1 Å². The minimum atomic E-state index is -0.226. The monoisotopic (exact) mass is 389 g/mol. The van der Waals surface area contributed by atoms with Crippen LogP contribution in [0, 0.1) is 0 Å². The van der Waals surface area contributed by atoms with Crippen molar-refractivity contribution in [3.8, 4) is 17.1 Å². The molecule has 9 nitrogen and oxygen atoms in total. The Hall–Kier alpha value is -4.01. The third-order valence-electron chi connectivity index (χ3n) is 4.17. The SMILES string of the molecule is COc1nccnc1-c1cnn(CC(=O)Nc2ccn(Cc3ccccc3)n2)c1. The highest BCUT2D eigenvalue weighted by Crippen LogP contribution is 2.24. The lowest BCUT2D eigenvalue weighted by molar-refractivity contribution is -0.116. The summed E-state index contributed by atoms with van der Waals surface area (Å²) in [6.45, 7) is 0.688.